The Hall–Kier alpha value is -1.77. The Kier molecular flexibility index (Phi) is 6.05. The lowest BCUT2D eigenvalue weighted by molar-refractivity contribution is -0.145. The summed E-state index contributed by atoms with van der Waals surface area (Å²) < 4.78 is 10.5. The van der Waals surface area contributed by atoms with Crippen molar-refractivity contribution >= 4 is 5.97 Å². The van der Waals surface area contributed by atoms with E-state index in [9.17, 15) is 4.79 Å². The SMILES string of the molecule is CC.COC1=CC(=O)OC(CCc2ccc3c(c2)CCC3)C1. The first-order chi connectivity index (χ1) is 10.7. The number of benzene rings is 1. The first kappa shape index (κ1) is 16.6. The number of hydrogen-bond acceptors (Lipinski definition) is 3. The number of rotatable bonds is 4. The quantitative estimate of drug-likeness (QED) is 0.789. The highest BCUT2D eigenvalue weighted by Crippen LogP contribution is 2.25. The molecule has 22 heavy (non-hydrogen) atoms. The van der Waals surface area contributed by atoms with E-state index in [1.165, 1.54) is 42.0 Å². The van der Waals surface area contributed by atoms with Gasteiger partial charge in [-0.3, -0.25) is 0 Å². The Labute approximate surface area is 133 Å². The fourth-order valence-corrected chi connectivity index (χ4v) is 3.07. The minimum Gasteiger partial charge on any atom is -0.501 e. The van der Waals surface area contributed by atoms with Crippen LogP contribution in [0.15, 0.2) is 30.0 Å². The molecule has 0 radical (unpaired) electrons. The molecule has 1 aromatic rings. The Morgan fingerprint density at radius 2 is 2.00 bits per heavy atom. The van der Waals surface area contributed by atoms with E-state index in [1.54, 1.807) is 7.11 Å². The molecule has 1 atom stereocenters. The van der Waals surface area contributed by atoms with Crippen LogP contribution in [-0.4, -0.2) is 19.2 Å². The highest BCUT2D eigenvalue weighted by Gasteiger charge is 2.22. The molecule has 1 unspecified atom stereocenters. The topological polar surface area (TPSA) is 35.5 Å². The van der Waals surface area contributed by atoms with E-state index < -0.39 is 0 Å². The van der Waals surface area contributed by atoms with Gasteiger partial charge in [0, 0.05) is 6.42 Å². The standard InChI is InChI=1S/C17H20O3.C2H6/c1-19-16-10-15(20-17(18)11-16)8-6-12-5-7-13-3-2-4-14(13)9-12;1-2/h5,7,9,11,15H,2-4,6,8,10H2,1H3;1-2H3. The minimum absolute atomic E-state index is 0.0595. The molecule has 0 aromatic heterocycles. The molecule has 1 aliphatic carbocycles. The third-order valence-corrected chi connectivity index (χ3v) is 4.17. The molecule has 3 rings (SSSR count). The fraction of sp³-hybridized carbons (Fsp3) is 0.526. The summed E-state index contributed by atoms with van der Waals surface area (Å²) in [5.74, 6) is 0.437. The number of esters is 1. The van der Waals surface area contributed by atoms with Gasteiger partial charge in [-0.15, -0.1) is 0 Å². The van der Waals surface area contributed by atoms with Crippen molar-refractivity contribution in [1.29, 1.82) is 0 Å². The minimum atomic E-state index is -0.285. The number of methoxy groups -OCH3 is 1. The Bertz CT molecular complexity index is 546. The van der Waals surface area contributed by atoms with E-state index in [2.05, 4.69) is 18.2 Å². The number of aryl methyl sites for hydroxylation is 3. The summed E-state index contributed by atoms with van der Waals surface area (Å²) in [5.41, 5.74) is 4.35. The van der Waals surface area contributed by atoms with Crippen LogP contribution in [0.5, 0.6) is 0 Å². The maximum atomic E-state index is 11.4. The normalized spacial score (nSPS) is 19.5. The van der Waals surface area contributed by atoms with Crippen molar-refractivity contribution in [3.63, 3.8) is 0 Å². The Morgan fingerprint density at radius 3 is 2.77 bits per heavy atom. The van der Waals surface area contributed by atoms with Gasteiger partial charge in [-0.2, -0.15) is 0 Å². The van der Waals surface area contributed by atoms with Gasteiger partial charge < -0.3 is 9.47 Å². The second-order valence-electron chi connectivity index (χ2n) is 5.57. The van der Waals surface area contributed by atoms with E-state index in [0.29, 0.717) is 6.42 Å². The second kappa shape index (κ2) is 8.02. The van der Waals surface area contributed by atoms with Gasteiger partial charge in [0.25, 0.3) is 0 Å². The van der Waals surface area contributed by atoms with Crippen LogP contribution in [0.4, 0.5) is 0 Å². The summed E-state index contributed by atoms with van der Waals surface area (Å²) in [4.78, 5) is 11.4. The highest BCUT2D eigenvalue weighted by atomic mass is 16.5. The van der Waals surface area contributed by atoms with Crippen LogP contribution >= 0.6 is 0 Å². The summed E-state index contributed by atoms with van der Waals surface area (Å²) in [6.45, 7) is 4.00. The van der Waals surface area contributed by atoms with Crippen LogP contribution in [0.1, 0.15) is 49.8 Å². The predicted molar refractivity (Wildman–Crippen MR) is 87.7 cm³/mol. The van der Waals surface area contributed by atoms with E-state index in [4.69, 9.17) is 9.47 Å². The fourth-order valence-electron chi connectivity index (χ4n) is 3.07. The number of ether oxygens (including phenoxy) is 2. The number of carbonyl (C=O) groups is 1. The molecule has 0 saturated heterocycles. The summed E-state index contributed by atoms with van der Waals surface area (Å²) in [7, 11) is 1.60. The van der Waals surface area contributed by atoms with Gasteiger partial charge in [0.05, 0.1) is 13.2 Å². The zero-order chi connectivity index (χ0) is 15.9. The molecule has 3 heteroatoms. The molecule has 120 valence electrons. The molecule has 0 saturated carbocycles. The molecule has 3 nitrogen and oxygen atoms in total. The van der Waals surface area contributed by atoms with Gasteiger partial charge in [0.2, 0.25) is 0 Å². The third kappa shape index (κ3) is 4.12. The van der Waals surface area contributed by atoms with Gasteiger partial charge >= 0.3 is 5.97 Å². The number of carbonyl (C=O) groups excluding carboxylic acids is 1. The number of hydrogen-bond donors (Lipinski definition) is 0. The average Bonchev–Trinajstić information content (AvgIpc) is 3.02. The van der Waals surface area contributed by atoms with Crippen LogP contribution < -0.4 is 0 Å². The lowest BCUT2D eigenvalue weighted by Crippen LogP contribution is -2.23. The smallest absolute Gasteiger partial charge is 0.334 e. The molecule has 1 heterocycles. The summed E-state index contributed by atoms with van der Waals surface area (Å²) in [6, 6.07) is 6.78. The summed E-state index contributed by atoms with van der Waals surface area (Å²) in [6.07, 6.45) is 7.57. The maximum Gasteiger partial charge on any atom is 0.334 e. The Balaban J connectivity index is 0.000000847. The van der Waals surface area contributed by atoms with Gasteiger partial charge in [-0.25, -0.2) is 4.79 Å². The molecule has 0 N–H and O–H groups in total. The highest BCUT2D eigenvalue weighted by molar-refractivity contribution is 5.83. The third-order valence-electron chi connectivity index (χ3n) is 4.17. The van der Waals surface area contributed by atoms with Crippen LogP contribution in [0.3, 0.4) is 0 Å². The molecule has 0 spiro atoms. The first-order valence-corrected chi connectivity index (χ1v) is 8.30. The van der Waals surface area contributed by atoms with Gasteiger partial charge in [0.1, 0.15) is 11.9 Å². The molecule has 2 aliphatic rings. The van der Waals surface area contributed by atoms with Crippen LogP contribution in [0, 0.1) is 0 Å². The first-order valence-electron chi connectivity index (χ1n) is 8.30. The number of fused-ring (bicyclic) bond motifs is 1. The van der Waals surface area contributed by atoms with Crippen molar-refractivity contribution in [3.05, 3.63) is 46.7 Å². The zero-order valence-corrected chi connectivity index (χ0v) is 13.9. The van der Waals surface area contributed by atoms with Gasteiger partial charge in [-0.05, 0) is 48.8 Å². The molecule has 1 aliphatic heterocycles. The largest absolute Gasteiger partial charge is 0.501 e. The van der Waals surface area contributed by atoms with Crippen LogP contribution in [-0.2, 0) is 33.5 Å². The lowest BCUT2D eigenvalue weighted by Gasteiger charge is -2.22. The maximum absolute atomic E-state index is 11.4. The lowest BCUT2D eigenvalue weighted by atomic mass is 9.99. The number of cyclic esters (lactones) is 1. The van der Waals surface area contributed by atoms with Crippen molar-refractivity contribution in [1.82, 2.24) is 0 Å². The van der Waals surface area contributed by atoms with Crippen LogP contribution in [0.25, 0.3) is 0 Å². The van der Waals surface area contributed by atoms with Crippen LogP contribution in [0.2, 0.25) is 0 Å². The Morgan fingerprint density at radius 1 is 1.23 bits per heavy atom. The van der Waals surface area contributed by atoms with E-state index in [-0.39, 0.29) is 12.1 Å². The van der Waals surface area contributed by atoms with Gasteiger partial charge in [-0.1, -0.05) is 32.0 Å². The van der Waals surface area contributed by atoms with E-state index >= 15 is 0 Å². The van der Waals surface area contributed by atoms with Crippen molar-refractivity contribution in [2.45, 2.75) is 58.5 Å². The predicted octanol–water partition coefficient (Wildman–Crippen LogP) is 3.98. The van der Waals surface area contributed by atoms with Gasteiger partial charge in [0.15, 0.2) is 0 Å². The second-order valence-corrected chi connectivity index (χ2v) is 5.57. The van der Waals surface area contributed by atoms with Crippen molar-refractivity contribution in [2.24, 2.45) is 0 Å². The van der Waals surface area contributed by atoms with Crippen molar-refractivity contribution in [2.75, 3.05) is 7.11 Å². The van der Waals surface area contributed by atoms with Crippen molar-refractivity contribution in [3.8, 4) is 0 Å². The molecular weight excluding hydrogens is 276 g/mol. The summed E-state index contributed by atoms with van der Waals surface area (Å²) in [5, 5.41) is 0. The zero-order valence-electron chi connectivity index (χ0n) is 13.9. The monoisotopic (exact) mass is 302 g/mol. The molecular formula is C19H26O3. The molecule has 0 amide bonds. The van der Waals surface area contributed by atoms with E-state index in [0.717, 1.165) is 18.6 Å². The average molecular weight is 302 g/mol. The molecule has 0 bridgehead atoms. The molecule has 0 fully saturated rings. The summed E-state index contributed by atoms with van der Waals surface area (Å²) >= 11 is 0. The van der Waals surface area contributed by atoms with Crippen molar-refractivity contribution < 1.29 is 14.3 Å². The molecule has 1 aromatic carbocycles. The van der Waals surface area contributed by atoms with E-state index in [1.807, 2.05) is 13.8 Å².